The highest BCUT2D eigenvalue weighted by Crippen LogP contribution is 2.39. The van der Waals surface area contributed by atoms with E-state index in [2.05, 4.69) is 10.0 Å². The summed E-state index contributed by atoms with van der Waals surface area (Å²) in [6.07, 6.45) is 8.79. The molecule has 3 N–H and O–H groups in total. The first-order valence-corrected chi connectivity index (χ1v) is 14.5. The van der Waals surface area contributed by atoms with Gasteiger partial charge in [-0.1, -0.05) is 66.8 Å². The average molecular weight is 538 g/mol. The van der Waals surface area contributed by atoms with Crippen LogP contribution in [-0.2, 0) is 15.6 Å². The van der Waals surface area contributed by atoms with Crippen LogP contribution in [0.1, 0.15) is 35.2 Å². The Labute approximate surface area is 224 Å². The number of amides is 1. The van der Waals surface area contributed by atoms with Gasteiger partial charge in [0.05, 0.1) is 24.8 Å². The fraction of sp³-hybridized carbons (Fsp3) is 0.414. The van der Waals surface area contributed by atoms with E-state index in [4.69, 9.17) is 4.74 Å². The van der Waals surface area contributed by atoms with Gasteiger partial charge in [-0.05, 0) is 42.9 Å². The Morgan fingerprint density at radius 1 is 1.05 bits per heavy atom. The standard InChI is InChI=1S/C29H35N3O5S/c1-37-26-14-8-7-13-24(26)28(34)30-20-29(22-10-3-2-4-11-22)15-17-32(18-16-29)38(35,36)31-27-23-12-6-5-9-21(23)19-25(27)33/h2-14,21,23,25,27,31,33H,15-20H2,1H3,(H,30,34)/t21?,23?,25-,27+/m0/s1. The van der Waals surface area contributed by atoms with Crippen molar-refractivity contribution >= 4 is 16.1 Å². The van der Waals surface area contributed by atoms with E-state index < -0.39 is 27.8 Å². The topological polar surface area (TPSA) is 108 Å². The summed E-state index contributed by atoms with van der Waals surface area (Å²) in [4.78, 5) is 13.1. The predicted molar refractivity (Wildman–Crippen MR) is 146 cm³/mol. The Bertz CT molecular complexity index is 1300. The number of carbonyl (C=O) groups is 1. The second-order valence-corrected chi connectivity index (χ2v) is 12.1. The number of aliphatic hydroxyl groups is 1. The Morgan fingerprint density at radius 2 is 1.74 bits per heavy atom. The number of carbonyl (C=O) groups excluding carboxylic acids is 1. The molecule has 1 heterocycles. The van der Waals surface area contributed by atoms with Crippen LogP contribution < -0.4 is 14.8 Å². The number of piperidine rings is 1. The summed E-state index contributed by atoms with van der Waals surface area (Å²) < 4.78 is 36.4. The molecule has 1 saturated heterocycles. The van der Waals surface area contributed by atoms with Crippen molar-refractivity contribution in [1.82, 2.24) is 14.3 Å². The van der Waals surface area contributed by atoms with Crippen molar-refractivity contribution in [3.05, 3.63) is 90.0 Å². The van der Waals surface area contributed by atoms with Gasteiger partial charge in [0.1, 0.15) is 5.75 Å². The van der Waals surface area contributed by atoms with Gasteiger partial charge in [0.2, 0.25) is 0 Å². The van der Waals surface area contributed by atoms with Crippen LogP contribution in [0.3, 0.4) is 0 Å². The Hall–Kier alpha value is -2.98. The van der Waals surface area contributed by atoms with Crippen LogP contribution in [0.5, 0.6) is 5.75 Å². The van der Waals surface area contributed by atoms with Gasteiger partial charge in [-0.3, -0.25) is 4.79 Å². The van der Waals surface area contributed by atoms with E-state index in [1.54, 1.807) is 18.2 Å². The molecular formula is C29H35N3O5S. The van der Waals surface area contributed by atoms with Crippen LogP contribution in [0.4, 0.5) is 0 Å². The second-order valence-electron chi connectivity index (χ2n) is 10.4. The highest BCUT2D eigenvalue weighted by Gasteiger charge is 2.45. The molecule has 4 atom stereocenters. The largest absolute Gasteiger partial charge is 0.496 e. The zero-order valence-corrected chi connectivity index (χ0v) is 22.3. The minimum absolute atomic E-state index is 0.0526. The van der Waals surface area contributed by atoms with Crippen molar-refractivity contribution in [1.29, 1.82) is 0 Å². The number of para-hydroxylation sites is 1. The minimum atomic E-state index is -3.80. The molecule has 9 heteroatoms. The van der Waals surface area contributed by atoms with E-state index in [1.807, 2.05) is 60.7 Å². The van der Waals surface area contributed by atoms with E-state index in [-0.39, 0.29) is 17.7 Å². The molecule has 202 valence electrons. The fourth-order valence-corrected chi connectivity index (χ4v) is 7.54. The van der Waals surface area contributed by atoms with Crippen molar-refractivity contribution in [3.63, 3.8) is 0 Å². The van der Waals surface area contributed by atoms with E-state index in [1.165, 1.54) is 11.4 Å². The minimum Gasteiger partial charge on any atom is -0.496 e. The third-order valence-corrected chi connectivity index (χ3v) is 9.88. The molecule has 1 aliphatic heterocycles. The van der Waals surface area contributed by atoms with Crippen LogP contribution in [0, 0.1) is 11.8 Å². The lowest BCUT2D eigenvalue weighted by Gasteiger charge is -2.42. The molecule has 1 amide bonds. The number of nitrogens with one attached hydrogen (secondary N) is 2. The lowest BCUT2D eigenvalue weighted by atomic mass is 9.73. The van der Waals surface area contributed by atoms with Crippen molar-refractivity contribution in [2.75, 3.05) is 26.7 Å². The van der Waals surface area contributed by atoms with Gasteiger partial charge in [0.15, 0.2) is 0 Å². The summed E-state index contributed by atoms with van der Waals surface area (Å²) in [7, 11) is -2.27. The number of allylic oxidation sites excluding steroid dienone is 3. The van der Waals surface area contributed by atoms with E-state index in [0.717, 1.165) is 5.56 Å². The summed E-state index contributed by atoms with van der Waals surface area (Å²) >= 11 is 0. The highest BCUT2D eigenvalue weighted by molar-refractivity contribution is 7.87. The van der Waals surface area contributed by atoms with Crippen LogP contribution in [-0.4, -0.2) is 62.6 Å². The average Bonchev–Trinajstić information content (AvgIpc) is 3.26. The molecule has 0 spiro atoms. The van der Waals surface area contributed by atoms with Gasteiger partial charge in [0.25, 0.3) is 16.1 Å². The number of fused-ring (bicyclic) bond motifs is 1. The fourth-order valence-electron chi connectivity index (χ4n) is 6.07. The molecule has 0 aromatic heterocycles. The van der Waals surface area contributed by atoms with Crippen LogP contribution in [0.2, 0.25) is 0 Å². The molecule has 2 fully saturated rings. The first kappa shape index (κ1) is 26.6. The number of methoxy groups -OCH3 is 1. The maximum atomic E-state index is 13.4. The lowest BCUT2D eigenvalue weighted by Crippen LogP contribution is -2.55. The van der Waals surface area contributed by atoms with Gasteiger partial charge in [0, 0.05) is 31.0 Å². The molecule has 2 unspecified atom stereocenters. The van der Waals surface area contributed by atoms with Gasteiger partial charge in [-0.25, -0.2) is 0 Å². The number of rotatable bonds is 8. The predicted octanol–water partition coefficient (Wildman–Crippen LogP) is 2.78. The molecule has 2 aliphatic carbocycles. The van der Waals surface area contributed by atoms with Crippen molar-refractivity contribution in [3.8, 4) is 5.75 Å². The molecule has 2 aromatic carbocycles. The lowest BCUT2D eigenvalue weighted by molar-refractivity contribution is 0.0929. The van der Waals surface area contributed by atoms with Crippen molar-refractivity contribution in [2.24, 2.45) is 11.8 Å². The summed E-state index contributed by atoms with van der Waals surface area (Å²) in [5, 5.41) is 13.7. The molecule has 3 aliphatic rings. The first-order valence-electron chi connectivity index (χ1n) is 13.1. The smallest absolute Gasteiger partial charge is 0.279 e. The quantitative estimate of drug-likeness (QED) is 0.480. The third kappa shape index (κ3) is 5.29. The summed E-state index contributed by atoms with van der Waals surface area (Å²) in [5.74, 6) is 0.365. The molecule has 38 heavy (non-hydrogen) atoms. The number of aliphatic hydroxyl groups excluding tert-OH is 1. The van der Waals surface area contributed by atoms with Gasteiger partial charge in [-0.2, -0.15) is 17.4 Å². The first-order chi connectivity index (χ1) is 18.3. The van der Waals surface area contributed by atoms with Crippen LogP contribution in [0.15, 0.2) is 78.9 Å². The number of ether oxygens (including phenoxy) is 1. The number of benzene rings is 2. The zero-order valence-electron chi connectivity index (χ0n) is 21.5. The molecule has 0 radical (unpaired) electrons. The normalized spacial score (nSPS) is 26.6. The van der Waals surface area contributed by atoms with Gasteiger partial charge < -0.3 is 15.2 Å². The summed E-state index contributed by atoms with van der Waals surface area (Å²) in [6, 6.07) is 16.5. The molecule has 8 nitrogen and oxygen atoms in total. The zero-order chi connectivity index (χ0) is 26.8. The highest BCUT2D eigenvalue weighted by atomic mass is 32.2. The Kier molecular flexibility index (Phi) is 7.72. The molecular weight excluding hydrogens is 502 g/mol. The molecule has 2 aromatic rings. The van der Waals surface area contributed by atoms with Crippen LogP contribution in [0.25, 0.3) is 0 Å². The second kappa shape index (κ2) is 11.0. The van der Waals surface area contributed by atoms with Gasteiger partial charge in [-0.15, -0.1) is 0 Å². The van der Waals surface area contributed by atoms with E-state index >= 15 is 0 Å². The summed E-state index contributed by atoms with van der Waals surface area (Å²) in [5.41, 5.74) is 1.11. The van der Waals surface area contributed by atoms with Gasteiger partial charge >= 0.3 is 0 Å². The molecule has 1 saturated carbocycles. The molecule has 5 rings (SSSR count). The number of hydrogen-bond acceptors (Lipinski definition) is 5. The molecule has 0 bridgehead atoms. The van der Waals surface area contributed by atoms with Crippen molar-refractivity contribution < 1.29 is 23.1 Å². The van der Waals surface area contributed by atoms with E-state index in [0.29, 0.717) is 50.2 Å². The van der Waals surface area contributed by atoms with Crippen molar-refractivity contribution in [2.45, 2.75) is 36.8 Å². The maximum Gasteiger partial charge on any atom is 0.279 e. The monoisotopic (exact) mass is 537 g/mol. The Morgan fingerprint density at radius 3 is 2.47 bits per heavy atom. The SMILES string of the molecule is COc1ccccc1C(=O)NCC1(c2ccccc2)CCN(S(=O)(=O)N[C@@H]2C3C=CC=CC3C[C@@H]2O)CC1. The third-order valence-electron chi connectivity index (χ3n) is 8.27. The summed E-state index contributed by atoms with van der Waals surface area (Å²) in [6.45, 7) is 0.986. The van der Waals surface area contributed by atoms with Crippen LogP contribution >= 0.6 is 0 Å². The number of nitrogens with zero attached hydrogens (tertiary/aromatic N) is 1. The van der Waals surface area contributed by atoms with E-state index in [9.17, 15) is 18.3 Å². The maximum absolute atomic E-state index is 13.4. The Balaban J connectivity index is 1.29. The number of hydrogen-bond donors (Lipinski definition) is 3.